The summed E-state index contributed by atoms with van der Waals surface area (Å²) >= 11 is 0. The zero-order valence-corrected chi connectivity index (χ0v) is 11.7. The van der Waals surface area contributed by atoms with Crippen molar-refractivity contribution < 1.29 is 0 Å². The third kappa shape index (κ3) is 12.2. The van der Waals surface area contributed by atoms with Gasteiger partial charge in [-0.1, -0.05) is 50.5 Å². The highest BCUT2D eigenvalue weighted by molar-refractivity contribution is 5.25. The highest BCUT2D eigenvalue weighted by Crippen LogP contribution is 1.94. The molecule has 0 aromatic rings. The van der Waals surface area contributed by atoms with E-state index < -0.39 is 0 Å². The van der Waals surface area contributed by atoms with Crippen LogP contribution in [0.1, 0.15) is 33.6 Å². The fraction of sp³-hybridized carbons (Fsp3) is 0.412. The zero-order valence-electron chi connectivity index (χ0n) is 11.7. The first-order valence-electron chi connectivity index (χ1n) is 6.32. The van der Waals surface area contributed by atoms with E-state index in [9.17, 15) is 0 Å². The fourth-order valence-electron chi connectivity index (χ4n) is 1.07. The summed E-state index contributed by atoms with van der Waals surface area (Å²) in [7, 11) is 0. The third-order valence-electron chi connectivity index (χ3n) is 1.99. The SMILES string of the molecule is C=C(/C=C/C=C\CCC#CC#CC)NCC(C)C. The second-order valence-electron chi connectivity index (χ2n) is 4.30. The Kier molecular flexibility index (Phi) is 10.4. The molecule has 0 saturated heterocycles. The van der Waals surface area contributed by atoms with Gasteiger partial charge in [0.15, 0.2) is 0 Å². The van der Waals surface area contributed by atoms with Crippen molar-refractivity contribution in [1.82, 2.24) is 5.32 Å². The van der Waals surface area contributed by atoms with Crippen molar-refractivity contribution in [2.75, 3.05) is 6.54 Å². The predicted molar refractivity (Wildman–Crippen MR) is 80.7 cm³/mol. The first-order valence-corrected chi connectivity index (χ1v) is 6.32. The van der Waals surface area contributed by atoms with Crippen LogP contribution in [0, 0.1) is 29.6 Å². The van der Waals surface area contributed by atoms with Crippen LogP contribution < -0.4 is 5.32 Å². The number of rotatable bonds is 7. The molecule has 0 saturated carbocycles. The molecular weight excluding hydrogens is 218 g/mol. The minimum Gasteiger partial charge on any atom is -0.385 e. The molecule has 0 atom stereocenters. The van der Waals surface area contributed by atoms with Gasteiger partial charge in [-0.2, -0.15) is 0 Å². The molecule has 0 amide bonds. The maximum absolute atomic E-state index is 3.92. The van der Waals surface area contributed by atoms with E-state index in [1.54, 1.807) is 6.92 Å². The summed E-state index contributed by atoms with van der Waals surface area (Å²) in [6.07, 6.45) is 9.90. The van der Waals surface area contributed by atoms with Gasteiger partial charge in [-0.25, -0.2) is 0 Å². The van der Waals surface area contributed by atoms with Crippen molar-refractivity contribution in [3.05, 3.63) is 36.6 Å². The average molecular weight is 241 g/mol. The molecule has 18 heavy (non-hydrogen) atoms. The molecule has 0 aliphatic carbocycles. The van der Waals surface area contributed by atoms with Gasteiger partial charge in [-0.3, -0.25) is 0 Å². The first kappa shape index (κ1) is 16.1. The van der Waals surface area contributed by atoms with Crippen LogP contribution >= 0.6 is 0 Å². The summed E-state index contributed by atoms with van der Waals surface area (Å²) in [4.78, 5) is 0. The Morgan fingerprint density at radius 3 is 2.72 bits per heavy atom. The van der Waals surface area contributed by atoms with Crippen molar-refractivity contribution in [3.63, 3.8) is 0 Å². The summed E-state index contributed by atoms with van der Waals surface area (Å²) in [5.41, 5.74) is 0.950. The molecule has 1 heteroatoms. The van der Waals surface area contributed by atoms with Gasteiger partial charge in [0.1, 0.15) is 0 Å². The predicted octanol–water partition coefficient (Wildman–Crippen LogP) is 3.67. The van der Waals surface area contributed by atoms with E-state index in [0.717, 1.165) is 25.1 Å². The van der Waals surface area contributed by atoms with E-state index in [1.807, 2.05) is 18.2 Å². The number of hydrogen-bond donors (Lipinski definition) is 1. The molecule has 0 spiro atoms. The van der Waals surface area contributed by atoms with E-state index in [-0.39, 0.29) is 0 Å². The molecule has 1 nitrogen and oxygen atoms in total. The molecule has 0 unspecified atom stereocenters. The van der Waals surface area contributed by atoms with Crippen LogP contribution in [0.4, 0.5) is 0 Å². The lowest BCUT2D eigenvalue weighted by molar-refractivity contribution is 0.602. The smallest absolute Gasteiger partial charge is 0.0267 e. The number of nitrogens with one attached hydrogen (secondary N) is 1. The first-order chi connectivity index (χ1) is 8.66. The fourth-order valence-corrected chi connectivity index (χ4v) is 1.07. The normalized spacial score (nSPS) is 10.0. The molecule has 96 valence electrons. The molecule has 0 bridgehead atoms. The van der Waals surface area contributed by atoms with E-state index in [1.165, 1.54) is 0 Å². The maximum atomic E-state index is 3.92. The van der Waals surface area contributed by atoms with Crippen LogP contribution in [-0.2, 0) is 0 Å². The number of hydrogen-bond acceptors (Lipinski definition) is 1. The minimum absolute atomic E-state index is 0.635. The monoisotopic (exact) mass is 241 g/mol. The quantitative estimate of drug-likeness (QED) is 0.407. The Morgan fingerprint density at radius 1 is 1.28 bits per heavy atom. The lowest BCUT2D eigenvalue weighted by Crippen LogP contribution is -2.17. The lowest BCUT2D eigenvalue weighted by atomic mass is 10.2. The van der Waals surface area contributed by atoms with E-state index in [4.69, 9.17) is 0 Å². The Balaban J connectivity index is 3.71. The summed E-state index contributed by atoms with van der Waals surface area (Å²) in [5.74, 6) is 11.9. The summed E-state index contributed by atoms with van der Waals surface area (Å²) in [6.45, 7) is 11.0. The molecular formula is C17H23N. The van der Waals surface area contributed by atoms with Crippen molar-refractivity contribution in [3.8, 4) is 23.7 Å². The molecule has 0 aliphatic rings. The van der Waals surface area contributed by atoms with Crippen molar-refractivity contribution >= 4 is 0 Å². The third-order valence-corrected chi connectivity index (χ3v) is 1.99. The molecule has 0 aromatic carbocycles. The topological polar surface area (TPSA) is 12.0 Å². The van der Waals surface area contributed by atoms with Crippen LogP contribution in [0.25, 0.3) is 0 Å². The van der Waals surface area contributed by atoms with E-state index >= 15 is 0 Å². The molecule has 0 aromatic heterocycles. The zero-order chi connectivity index (χ0) is 13.6. The minimum atomic E-state index is 0.635. The largest absolute Gasteiger partial charge is 0.385 e. The highest BCUT2D eigenvalue weighted by atomic mass is 14.9. The van der Waals surface area contributed by atoms with E-state index in [0.29, 0.717) is 5.92 Å². The van der Waals surface area contributed by atoms with Crippen molar-refractivity contribution in [2.24, 2.45) is 5.92 Å². The Labute approximate surface area is 112 Å². The Morgan fingerprint density at radius 2 is 2.06 bits per heavy atom. The summed E-state index contributed by atoms with van der Waals surface area (Å²) < 4.78 is 0. The molecule has 0 radical (unpaired) electrons. The van der Waals surface area contributed by atoms with Gasteiger partial charge in [-0.05, 0) is 37.2 Å². The standard InChI is InChI=1S/C17H23N/c1-5-6-7-8-9-10-11-12-13-14-17(4)18-15-16(2)3/h11-14,16,18H,4,9-10,15H2,1-3H3/b12-11-,14-13+. The van der Waals surface area contributed by atoms with Crippen LogP contribution in [0.15, 0.2) is 36.6 Å². The van der Waals surface area contributed by atoms with Crippen LogP contribution in [0.5, 0.6) is 0 Å². The number of allylic oxidation sites excluding steroid dienone is 4. The van der Waals surface area contributed by atoms with E-state index in [2.05, 4.69) is 55.5 Å². The second-order valence-corrected chi connectivity index (χ2v) is 4.30. The van der Waals surface area contributed by atoms with Crippen LogP contribution in [-0.4, -0.2) is 6.54 Å². The lowest BCUT2D eigenvalue weighted by Gasteiger charge is -2.07. The van der Waals surface area contributed by atoms with Gasteiger partial charge in [-0.15, -0.1) is 0 Å². The maximum Gasteiger partial charge on any atom is 0.0267 e. The van der Waals surface area contributed by atoms with Crippen LogP contribution in [0.2, 0.25) is 0 Å². The van der Waals surface area contributed by atoms with Crippen LogP contribution in [0.3, 0.4) is 0 Å². The van der Waals surface area contributed by atoms with Gasteiger partial charge in [0.25, 0.3) is 0 Å². The number of unbranched alkanes of at least 4 members (excludes halogenated alkanes) is 1. The average Bonchev–Trinajstić information content (AvgIpc) is 2.34. The molecule has 0 heterocycles. The Hall–Kier alpha value is -1.86. The molecule has 0 rings (SSSR count). The molecule has 0 aliphatic heterocycles. The Bertz CT molecular complexity index is 402. The molecule has 0 fully saturated rings. The second kappa shape index (κ2) is 11.6. The highest BCUT2D eigenvalue weighted by Gasteiger charge is 1.91. The van der Waals surface area contributed by atoms with Gasteiger partial charge >= 0.3 is 0 Å². The van der Waals surface area contributed by atoms with Gasteiger partial charge in [0.05, 0.1) is 0 Å². The van der Waals surface area contributed by atoms with Gasteiger partial charge in [0, 0.05) is 18.7 Å². The summed E-state index contributed by atoms with van der Waals surface area (Å²) in [5, 5.41) is 3.25. The molecule has 1 N–H and O–H groups in total. The van der Waals surface area contributed by atoms with Gasteiger partial charge < -0.3 is 5.32 Å². The summed E-state index contributed by atoms with van der Waals surface area (Å²) in [6, 6.07) is 0. The van der Waals surface area contributed by atoms with Gasteiger partial charge in [0.2, 0.25) is 0 Å². The van der Waals surface area contributed by atoms with Crippen molar-refractivity contribution in [1.29, 1.82) is 0 Å². The van der Waals surface area contributed by atoms with Crippen molar-refractivity contribution in [2.45, 2.75) is 33.6 Å².